The van der Waals surface area contributed by atoms with Crippen molar-refractivity contribution in [2.75, 3.05) is 14.1 Å². The van der Waals surface area contributed by atoms with Gasteiger partial charge in [0.05, 0.1) is 23.3 Å². The van der Waals surface area contributed by atoms with Gasteiger partial charge < -0.3 is 14.8 Å². The minimum absolute atomic E-state index is 0.393. The molecule has 144 valence electrons. The number of hydrogen-bond acceptors (Lipinski definition) is 3. The summed E-state index contributed by atoms with van der Waals surface area (Å²) >= 11 is 0. The zero-order chi connectivity index (χ0) is 19.6. The monoisotopic (exact) mass is 367 g/mol. The number of benzene rings is 1. The maximum Gasteiger partial charge on any atom is 0.194 e. The van der Waals surface area contributed by atoms with E-state index in [-0.39, 0.29) is 0 Å². The van der Waals surface area contributed by atoms with Gasteiger partial charge in [0.1, 0.15) is 5.82 Å². The fourth-order valence-electron chi connectivity index (χ4n) is 3.39. The van der Waals surface area contributed by atoms with Gasteiger partial charge in [-0.15, -0.1) is 0 Å². The van der Waals surface area contributed by atoms with Gasteiger partial charge in [0.2, 0.25) is 0 Å². The molecule has 2 heterocycles. The first-order valence-electron chi connectivity index (χ1n) is 9.25. The van der Waals surface area contributed by atoms with Gasteiger partial charge in [-0.25, -0.2) is 4.98 Å². The molecule has 0 unspecified atom stereocenters. The van der Waals surface area contributed by atoms with Gasteiger partial charge in [-0.1, -0.05) is 26.0 Å². The van der Waals surface area contributed by atoms with Gasteiger partial charge in [0, 0.05) is 46.5 Å². The van der Waals surface area contributed by atoms with Crippen LogP contribution >= 0.6 is 0 Å². The first-order valence-corrected chi connectivity index (χ1v) is 9.25. The van der Waals surface area contributed by atoms with Crippen molar-refractivity contribution < 1.29 is 0 Å². The van der Waals surface area contributed by atoms with E-state index >= 15 is 0 Å². The average molecular weight is 368 g/mol. The molecule has 0 fully saturated rings. The summed E-state index contributed by atoms with van der Waals surface area (Å²) in [4.78, 5) is 11.3. The number of nitrogens with zero attached hydrogens (tertiary/aromatic N) is 6. The molecule has 3 aromatic rings. The summed E-state index contributed by atoms with van der Waals surface area (Å²) in [6.45, 7) is 5.71. The van der Waals surface area contributed by atoms with Crippen LogP contribution < -0.4 is 5.32 Å². The first-order chi connectivity index (χ1) is 12.9. The third-order valence-electron chi connectivity index (χ3n) is 4.75. The van der Waals surface area contributed by atoms with Crippen molar-refractivity contribution in [2.24, 2.45) is 19.1 Å². The van der Waals surface area contributed by atoms with E-state index in [0.29, 0.717) is 12.5 Å². The molecule has 0 amide bonds. The first kappa shape index (κ1) is 18.9. The third kappa shape index (κ3) is 3.97. The molecule has 3 rings (SSSR count). The molecule has 0 saturated heterocycles. The second kappa shape index (κ2) is 7.82. The Morgan fingerprint density at radius 2 is 2.00 bits per heavy atom. The summed E-state index contributed by atoms with van der Waals surface area (Å²) in [5.74, 6) is 2.21. The van der Waals surface area contributed by atoms with Crippen LogP contribution in [-0.2, 0) is 27.2 Å². The molecule has 0 spiro atoms. The largest absolute Gasteiger partial charge is 0.349 e. The van der Waals surface area contributed by atoms with Crippen LogP contribution in [0, 0.1) is 0 Å². The number of imidazole rings is 1. The smallest absolute Gasteiger partial charge is 0.194 e. The number of aromatic nitrogens is 4. The summed E-state index contributed by atoms with van der Waals surface area (Å²) in [5, 5.41) is 8.02. The molecule has 7 heteroatoms. The Bertz CT molecular complexity index is 949. The van der Waals surface area contributed by atoms with Crippen LogP contribution in [-0.4, -0.2) is 44.3 Å². The summed E-state index contributed by atoms with van der Waals surface area (Å²) in [6, 6.07) is 8.17. The SMILES string of the molecule is CN=C(NCc1nc2ccccc2n1C)N(C)Cc1cn(C)nc1C(C)C. The highest BCUT2D eigenvalue weighted by molar-refractivity contribution is 5.80. The summed E-state index contributed by atoms with van der Waals surface area (Å²) in [6.07, 6.45) is 2.09. The van der Waals surface area contributed by atoms with Gasteiger partial charge in [0.15, 0.2) is 5.96 Å². The Hall–Kier alpha value is -2.83. The van der Waals surface area contributed by atoms with Crippen LogP contribution in [0.2, 0.25) is 0 Å². The lowest BCUT2D eigenvalue weighted by atomic mass is 10.1. The second-order valence-electron chi connectivity index (χ2n) is 7.20. The number of aliphatic imine (C=N–C) groups is 1. The average Bonchev–Trinajstić information content (AvgIpc) is 3.16. The van der Waals surface area contributed by atoms with Gasteiger partial charge in [-0.05, 0) is 18.1 Å². The molecular formula is C20H29N7. The lowest BCUT2D eigenvalue weighted by molar-refractivity contribution is 0.471. The van der Waals surface area contributed by atoms with Crippen molar-refractivity contribution >= 4 is 17.0 Å². The van der Waals surface area contributed by atoms with Crippen molar-refractivity contribution in [1.29, 1.82) is 0 Å². The lowest BCUT2D eigenvalue weighted by Gasteiger charge is -2.22. The van der Waals surface area contributed by atoms with Crippen molar-refractivity contribution in [3.63, 3.8) is 0 Å². The summed E-state index contributed by atoms with van der Waals surface area (Å²) in [7, 11) is 7.86. The molecular weight excluding hydrogens is 338 g/mol. The van der Waals surface area contributed by atoms with E-state index in [1.165, 1.54) is 5.56 Å². The molecule has 27 heavy (non-hydrogen) atoms. The Labute approximate surface area is 160 Å². The van der Waals surface area contributed by atoms with Crippen LogP contribution in [0.1, 0.15) is 36.8 Å². The molecule has 0 atom stereocenters. The number of hydrogen-bond donors (Lipinski definition) is 1. The summed E-state index contributed by atoms with van der Waals surface area (Å²) < 4.78 is 4.00. The van der Waals surface area contributed by atoms with Gasteiger partial charge in [-0.2, -0.15) is 5.10 Å². The Morgan fingerprint density at radius 1 is 1.26 bits per heavy atom. The topological polar surface area (TPSA) is 63.3 Å². The van der Waals surface area contributed by atoms with Crippen molar-refractivity contribution in [3.05, 3.63) is 47.5 Å². The zero-order valence-corrected chi connectivity index (χ0v) is 17.1. The molecule has 0 radical (unpaired) electrons. The molecule has 7 nitrogen and oxygen atoms in total. The minimum atomic E-state index is 0.393. The Balaban J connectivity index is 1.71. The molecule has 0 bridgehead atoms. The number of guanidine groups is 1. The predicted molar refractivity (Wildman–Crippen MR) is 110 cm³/mol. The lowest BCUT2D eigenvalue weighted by Crippen LogP contribution is -2.38. The van der Waals surface area contributed by atoms with Crippen LogP contribution in [0.4, 0.5) is 0 Å². The molecule has 2 aromatic heterocycles. The maximum atomic E-state index is 4.72. The normalized spacial score (nSPS) is 12.2. The highest BCUT2D eigenvalue weighted by Gasteiger charge is 2.15. The second-order valence-corrected chi connectivity index (χ2v) is 7.20. The molecule has 1 aromatic carbocycles. The van der Waals surface area contributed by atoms with E-state index in [4.69, 9.17) is 4.98 Å². The summed E-state index contributed by atoms with van der Waals surface area (Å²) in [5.41, 5.74) is 4.50. The van der Waals surface area contributed by atoms with Crippen LogP contribution in [0.5, 0.6) is 0 Å². The minimum Gasteiger partial charge on any atom is -0.349 e. The van der Waals surface area contributed by atoms with E-state index in [0.717, 1.165) is 35.1 Å². The molecule has 0 aliphatic heterocycles. The number of rotatable bonds is 5. The highest BCUT2D eigenvalue weighted by atomic mass is 15.3. The van der Waals surface area contributed by atoms with Crippen LogP contribution in [0.25, 0.3) is 11.0 Å². The standard InChI is InChI=1S/C20H29N7/c1-14(2)19-15(13-26(5)24-19)12-25(4)20(21-3)22-11-18-23-16-9-7-8-10-17(16)27(18)6/h7-10,13-14H,11-12H2,1-6H3,(H,21,22). The predicted octanol–water partition coefficient (Wildman–Crippen LogP) is 2.64. The Morgan fingerprint density at radius 3 is 2.67 bits per heavy atom. The third-order valence-corrected chi connectivity index (χ3v) is 4.75. The van der Waals surface area contributed by atoms with E-state index in [1.807, 2.05) is 44.0 Å². The quantitative estimate of drug-likeness (QED) is 0.556. The maximum absolute atomic E-state index is 4.72. The van der Waals surface area contributed by atoms with E-state index in [1.54, 1.807) is 7.05 Å². The van der Waals surface area contributed by atoms with Gasteiger partial charge in [0.25, 0.3) is 0 Å². The van der Waals surface area contributed by atoms with Gasteiger partial charge >= 0.3 is 0 Å². The number of nitrogens with one attached hydrogen (secondary N) is 1. The highest BCUT2D eigenvalue weighted by Crippen LogP contribution is 2.19. The molecule has 0 aliphatic carbocycles. The number of fused-ring (bicyclic) bond motifs is 1. The van der Waals surface area contributed by atoms with Crippen LogP contribution in [0.3, 0.4) is 0 Å². The Kier molecular flexibility index (Phi) is 5.48. The van der Waals surface area contributed by atoms with Crippen LogP contribution in [0.15, 0.2) is 35.5 Å². The van der Waals surface area contributed by atoms with E-state index in [9.17, 15) is 0 Å². The van der Waals surface area contributed by atoms with Crippen molar-refractivity contribution in [3.8, 4) is 0 Å². The molecule has 1 N–H and O–H groups in total. The molecule has 0 saturated carbocycles. The van der Waals surface area contributed by atoms with E-state index in [2.05, 4.69) is 51.0 Å². The van der Waals surface area contributed by atoms with Gasteiger partial charge in [-0.3, -0.25) is 9.67 Å². The van der Waals surface area contributed by atoms with Crippen molar-refractivity contribution in [1.82, 2.24) is 29.5 Å². The van der Waals surface area contributed by atoms with Crippen molar-refractivity contribution in [2.45, 2.75) is 32.9 Å². The van der Waals surface area contributed by atoms with E-state index < -0.39 is 0 Å². The fourth-order valence-corrected chi connectivity index (χ4v) is 3.39. The fraction of sp³-hybridized carbons (Fsp3) is 0.450. The zero-order valence-electron chi connectivity index (χ0n) is 17.1. The number of aryl methyl sites for hydroxylation is 2. The number of para-hydroxylation sites is 2. The molecule has 0 aliphatic rings.